The molecule has 2 nitrogen and oxygen atoms in total. The predicted molar refractivity (Wildman–Crippen MR) is 188 cm³/mol. The lowest BCUT2D eigenvalue weighted by atomic mass is 9.82. The molecule has 1 aromatic heterocycles. The third kappa shape index (κ3) is 3.96. The minimum atomic E-state index is -0.0422. The van der Waals surface area contributed by atoms with Crippen molar-refractivity contribution < 1.29 is 0 Å². The van der Waals surface area contributed by atoms with Gasteiger partial charge in [0.2, 0.25) is 0 Å². The SMILES string of the molecule is CC1(C)c2ccccc2-c2cc(-c3cc(-c4c5ccccc5cc5ccc6ccccc6c45)nc(-c4ccccc4)n3)ccc21. The van der Waals surface area contributed by atoms with Crippen LogP contribution in [0.25, 0.3) is 77.3 Å². The van der Waals surface area contributed by atoms with Gasteiger partial charge in [0.15, 0.2) is 5.82 Å². The molecule has 0 atom stereocenters. The predicted octanol–water partition coefficient (Wildman–Crippen LogP) is 11.2. The Morgan fingerprint density at radius 1 is 0.444 bits per heavy atom. The fourth-order valence-corrected chi connectivity index (χ4v) is 7.43. The summed E-state index contributed by atoms with van der Waals surface area (Å²) in [6, 6.07) is 52.3. The third-order valence-electron chi connectivity index (χ3n) is 9.65. The van der Waals surface area contributed by atoms with Gasteiger partial charge < -0.3 is 0 Å². The van der Waals surface area contributed by atoms with Crippen molar-refractivity contribution in [1.82, 2.24) is 9.97 Å². The number of rotatable bonds is 3. The molecule has 0 aliphatic heterocycles. The van der Waals surface area contributed by atoms with E-state index in [1.807, 2.05) is 6.07 Å². The zero-order valence-corrected chi connectivity index (χ0v) is 25.3. The molecule has 2 heteroatoms. The normalized spacial score (nSPS) is 13.3. The van der Waals surface area contributed by atoms with Crippen LogP contribution in [0.15, 0.2) is 146 Å². The summed E-state index contributed by atoms with van der Waals surface area (Å²) >= 11 is 0. The fourth-order valence-electron chi connectivity index (χ4n) is 7.43. The van der Waals surface area contributed by atoms with Gasteiger partial charge in [0.25, 0.3) is 0 Å². The van der Waals surface area contributed by atoms with Gasteiger partial charge in [-0.05, 0) is 72.8 Å². The van der Waals surface area contributed by atoms with Gasteiger partial charge >= 0.3 is 0 Å². The lowest BCUT2D eigenvalue weighted by Crippen LogP contribution is -2.14. The number of aromatic nitrogens is 2. The van der Waals surface area contributed by atoms with Gasteiger partial charge in [-0.2, -0.15) is 0 Å². The number of fused-ring (bicyclic) bond motifs is 7. The number of hydrogen-bond acceptors (Lipinski definition) is 2. The van der Waals surface area contributed by atoms with Crippen LogP contribution in [0, 0.1) is 0 Å². The van der Waals surface area contributed by atoms with Crippen molar-refractivity contribution >= 4 is 32.3 Å². The molecule has 8 aromatic rings. The third-order valence-corrected chi connectivity index (χ3v) is 9.65. The van der Waals surface area contributed by atoms with Gasteiger partial charge in [0.1, 0.15) is 0 Å². The first kappa shape index (κ1) is 25.9. The highest BCUT2D eigenvalue weighted by atomic mass is 14.9. The van der Waals surface area contributed by atoms with Crippen LogP contribution in [0.1, 0.15) is 25.0 Å². The van der Waals surface area contributed by atoms with Crippen LogP contribution in [-0.2, 0) is 5.41 Å². The first-order valence-electron chi connectivity index (χ1n) is 15.6. The highest BCUT2D eigenvalue weighted by Gasteiger charge is 2.35. The van der Waals surface area contributed by atoms with Gasteiger partial charge in [-0.15, -0.1) is 0 Å². The Morgan fingerprint density at radius 3 is 1.98 bits per heavy atom. The van der Waals surface area contributed by atoms with Crippen LogP contribution in [0.4, 0.5) is 0 Å². The Kier molecular flexibility index (Phi) is 5.58. The highest BCUT2D eigenvalue weighted by Crippen LogP contribution is 2.49. The van der Waals surface area contributed by atoms with Crippen molar-refractivity contribution in [1.29, 1.82) is 0 Å². The zero-order valence-electron chi connectivity index (χ0n) is 25.3. The maximum absolute atomic E-state index is 5.33. The van der Waals surface area contributed by atoms with Crippen molar-refractivity contribution in [3.8, 4) is 45.0 Å². The van der Waals surface area contributed by atoms with Crippen LogP contribution in [0.3, 0.4) is 0 Å². The van der Waals surface area contributed by atoms with Crippen LogP contribution in [-0.4, -0.2) is 9.97 Å². The summed E-state index contributed by atoms with van der Waals surface area (Å²) in [4.78, 5) is 10.6. The lowest BCUT2D eigenvalue weighted by molar-refractivity contribution is 0.660. The van der Waals surface area contributed by atoms with Crippen molar-refractivity contribution in [3.63, 3.8) is 0 Å². The number of hydrogen-bond donors (Lipinski definition) is 0. The van der Waals surface area contributed by atoms with E-state index < -0.39 is 0 Å². The molecule has 0 radical (unpaired) electrons. The van der Waals surface area contributed by atoms with Gasteiger partial charge in [0.05, 0.1) is 11.4 Å². The molecule has 0 unspecified atom stereocenters. The molecule has 1 aliphatic carbocycles. The van der Waals surface area contributed by atoms with E-state index >= 15 is 0 Å². The Hall–Kier alpha value is -5.60. The van der Waals surface area contributed by atoms with Crippen molar-refractivity contribution in [2.75, 3.05) is 0 Å². The summed E-state index contributed by atoms with van der Waals surface area (Å²) in [7, 11) is 0. The monoisotopic (exact) mass is 574 g/mol. The summed E-state index contributed by atoms with van der Waals surface area (Å²) in [6.07, 6.45) is 0. The first-order valence-corrected chi connectivity index (χ1v) is 15.6. The molecule has 1 aliphatic rings. The summed E-state index contributed by atoms with van der Waals surface area (Å²) < 4.78 is 0. The average Bonchev–Trinajstić information content (AvgIpc) is 3.33. The summed E-state index contributed by atoms with van der Waals surface area (Å²) in [6.45, 7) is 4.65. The van der Waals surface area contributed by atoms with Crippen molar-refractivity contribution in [2.24, 2.45) is 0 Å². The molecule has 9 rings (SSSR count). The molecule has 0 saturated carbocycles. The van der Waals surface area contributed by atoms with Gasteiger partial charge in [-0.3, -0.25) is 0 Å². The molecule has 45 heavy (non-hydrogen) atoms. The largest absolute Gasteiger partial charge is 0.228 e. The number of nitrogens with zero attached hydrogens (tertiary/aromatic N) is 2. The van der Waals surface area contributed by atoms with E-state index in [9.17, 15) is 0 Å². The van der Waals surface area contributed by atoms with Crippen molar-refractivity contribution in [2.45, 2.75) is 19.3 Å². The molecule has 0 saturated heterocycles. The molecule has 0 spiro atoms. The van der Waals surface area contributed by atoms with Crippen LogP contribution in [0.5, 0.6) is 0 Å². The van der Waals surface area contributed by atoms with Crippen LogP contribution >= 0.6 is 0 Å². The maximum Gasteiger partial charge on any atom is 0.160 e. The second kappa shape index (κ2) is 9.70. The van der Waals surface area contributed by atoms with Crippen molar-refractivity contribution in [3.05, 3.63) is 157 Å². The van der Waals surface area contributed by atoms with E-state index in [2.05, 4.69) is 153 Å². The van der Waals surface area contributed by atoms with Gasteiger partial charge in [-0.25, -0.2) is 9.97 Å². The van der Waals surface area contributed by atoms with Gasteiger partial charge in [-0.1, -0.05) is 141 Å². The van der Waals surface area contributed by atoms with E-state index in [1.165, 1.54) is 54.6 Å². The first-order chi connectivity index (χ1) is 22.1. The minimum Gasteiger partial charge on any atom is -0.228 e. The smallest absolute Gasteiger partial charge is 0.160 e. The minimum absolute atomic E-state index is 0.0422. The summed E-state index contributed by atoms with van der Waals surface area (Å²) in [5.41, 5.74) is 10.4. The van der Waals surface area contributed by atoms with E-state index in [4.69, 9.17) is 9.97 Å². The number of benzene rings is 7. The van der Waals surface area contributed by atoms with E-state index in [0.717, 1.165) is 33.9 Å². The van der Waals surface area contributed by atoms with Gasteiger partial charge in [0, 0.05) is 22.1 Å². The lowest BCUT2D eigenvalue weighted by Gasteiger charge is -2.21. The van der Waals surface area contributed by atoms with E-state index in [1.54, 1.807) is 0 Å². The molecule has 7 aromatic carbocycles. The fraction of sp³-hybridized carbons (Fsp3) is 0.0698. The molecular formula is C43H30N2. The van der Waals surface area contributed by atoms with Crippen LogP contribution < -0.4 is 0 Å². The molecule has 0 fully saturated rings. The summed E-state index contributed by atoms with van der Waals surface area (Å²) in [5.74, 6) is 0.727. The molecule has 0 N–H and O–H groups in total. The molecule has 0 amide bonds. The Bertz CT molecular complexity index is 2450. The second-order valence-electron chi connectivity index (χ2n) is 12.6. The Morgan fingerprint density at radius 2 is 1.11 bits per heavy atom. The molecule has 212 valence electrons. The Balaban J connectivity index is 1.36. The topological polar surface area (TPSA) is 25.8 Å². The maximum atomic E-state index is 5.33. The Labute approximate surface area is 262 Å². The quantitative estimate of drug-likeness (QED) is 0.155. The van der Waals surface area contributed by atoms with Crippen LogP contribution in [0.2, 0.25) is 0 Å². The van der Waals surface area contributed by atoms with E-state index in [0.29, 0.717) is 0 Å². The van der Waals surface area contributed by atoms with E-state index in [-0.39, 0.29) is 5.41 Å². The molecular weight excluding hydrogens is 544 g/mol. The molecule has 0 bridgehead atoms. The second-order valence-corrected chi connectivity index (χ2v) is 12.6. The highest BCUT2D eigenvalue weighted by molar-refractivity contribution is 6.21. The molecule has 1 heterocycles. The zero-order chi connectivity index (χ0) is 30.1. The average molecular weight is 575 g/mol. The summed E-state index contributed by atoms with van der Waals surface area (Å²) in [5, 5.41) is 7.27. The standard InChI is InChI=1S/C43H30N2/c1-43(2)36-19-11-10-18-34(36)35-25-30(22-23-37(35)43)38-26-39(45-42(44-38)28-13-4-3-5-14-28)41-33-17-9-7-15-29(33)24-31-21-20-27-12-6-8-16-32(27)40(31)41/h3-26H,1-2H3.